The fraction of sp³-hybridized carbons (Fsp3) is 0.571. The summed E-state index contributed by atoms with van der Waals surface area (Å²) in [5, 5.41) is 2.99. The first kappa shape index (κ1) is 14.2. The van der Waals surface area contributed by atoms with E-state index in [1.807, 2.05) is 29.8 Å². The van der Waals surface area contributed by atoms with Crippen LogP contribution in [0.4, 0.5) is 4.79 Å². The number of aryl methyl sites for hydroxylation is 1. The maximum atomic E-state index is 12.2. The molecule has 1 aliphatic rings. The van der Waals surface area contributed by atoms with Crippen LogP contribution < -0.4 is 5.32 Å². The molecule has 104 valence electrons. The SMILES string of the molecule is Cc1cncc(CNC(=O)N2CCSCC[C@@H]2C)c1. The fourth-order valence-corrected chi connectivity index (χ4v) is 3.23. The smallest absolute Gasteiger partial charge is 0.317 e. The number of nitrogens with one attached hydrogen (secondary N) is 1. The Balaban J connectivity index is 1.89. The highest BCUT2D eigenvalue weighted by Crippen LogP contribution is 2.16. The van der Waals surface area contributed by atoms with E-state index in [0.717, 1.165) is 35.6 Å². The Labute approximate surface area is 119 Å². The Kier molecular flexibility index (Phi) is 5.07. The number of carbonyl (C=O) groups is 1. The van der Waals surface area contributed by atoms with Gasteiger partial charge in [-0.3, -0.25) is 4.98 Å². The van der Waals surface area contributed by atoms with Crippen LogP contribution in [0.3, 0.4) is 0 Å². The van der Waals surface area contributed by atoms with Gasteiger partial charge in [0.1, 0.15) is 0 Å². The van der Waals surface area contributed by atoms with Gasteiger partial charge in [-0.05, 0) is 37.1 Å². The molecular formula is C14H21N3OS. The van der Waals surface area contributed by atoms with Crippen molar-refractivity contribution in [3.05, 3.63) is 29.6 Å². The van der Waals surface area contributed by atoms with Crippen molar-refractivity contribution in [3.8, 4) is 0 Å². The molecule has 1 atom stereocenters. The van der Waals surface area contributed by atoms with E-state index >= 15 is 0 Å². The molecule has 0 spiro atoms. The zero-order valence-electron chi connectivity index (χ0n) is 11.6. The van der Waals surface area contributed by atoms with Gasteiger partial charge in [0.2, 0.25) is 0 Å². The molecule has 0 aromatic carbocycles. The van der Waals surface area contributed by atoms with Gasteiger partial charge in [-0.1, -0.05) is 6.07 Å². The number of aromatic nitrogens is 1. The third-order valence-corrected chi connectivity index (χ3v) is 4.32. The maximum Gasteiger partial charge on any atom is 0.317 e. The van der Waals surface area contributed by atoms with Gasteiger partial charge in [0, 0.05) is 37.3 Å². The van der Waals surface area contributed by atoms with Crippen LogP contribution in [0.5, 0.6) is 0 Å². The lowest BCUT2D eigenvalue weighted by Gasteiger charge is -2.27. The number of amides is 2. The minimum absolute atomic E-state index is 0.0384. The van der Waals surface area contributed by atoms with Gasteiger partial charge in [-0.25, -0.2) is 4.79 Å². The predicted molar refractivity (Wildman–Crippen MR) is 79.3 cm³/mol. The molecule has 1 aliphatic heterocycles. The van der Waals surface area contributed by atoms with E-state index in [4.69, 9.17) is 0 Å². The molecule has 1 fully saturated rings. The largest absolute Gasteiger partial charge is 0.334 e. The molecule has 1 aromatic heterocycles. The van der Waals surface area contributed by atoms with Crippen molar-refractivity contribution < 1.29 is 4.79 Å². The van der Waals surface area contributed by atoms with E-state index in [1.54, 1.807) is 6.20 Å². The first-order chi connectivity index (χ1) is 9.16. The summed E-state index contributed by atoms with van der Waals surface area (Å²) in [5.74, 6) is 2.18. The lowest BCUT2D eigenvalue weighted by atomic mass is 10.2. The number of hydrogen-bond acceptors (Lipinski definition) is 3. The number of carbonyl (C=O) groups excluding carboxylic acids is 1. The van der Waals surface area contributed by atoms with Gasteiger partial charge in [-0.15, -0.1) is 0 Å². The van der Waals surface area contributed by atoms with Gasteiger partial charge in [0.25, 0.3) is 0 Å². The third-order valence-electron chi connectivity index (χ3n) is 3.32. The molecule has 0 unspecified atom stereocenters. The van der Waals surface area contributed by atoms with Crippen molar-refractivity contribution in [1.29, 1.82) is 0 Å². The number of pyridine rings is 1. The summed E-state index contributed by atoms with van der Waals surface area (Å²) < 4.78 is 0. The zero-order valence-corrected chi connectivity index (χ0v) is 12.4. The molecule has 2 rings (SSSR count). The Hall–Kier alpha value is -1.23. The van der Waals surface area contributed by atoms with E-state index in [2.05, 4.69) is 23.3 Å². The molecule has 1 aromatic rings. The lowest BCUT2D eigenvalue weighted by Crippen LogP contribution is -2.45. The highest BCUT2D eigenvalue weighted by molar-refractivity contribution is 7.99. The molecule has 1 N–H and O–H groups in total. The molecule has 4 nitrogen and oxygen atoms in total. The average molecular weight is 279 g/mol. The zero-order chi connectivity index (χ0) is 13.7. The van der Waals surface area contributed by atoms with Crippen LogP contribution in [0.2, 0.25) is 0 Å². The molecule has 19 heavy (non-hydrogen) atoms. The Bertz CT molecular complexity index is 438. The first-order valence-electron chi connectivity index (χ1n) is 6.69. The second kappa shape index (κ2) is 6.80. The van der Waals surface area contributed by atoms with Crippen LogP contribution in [-0.4, -0.2) is 40.0 Å². The summed E-state index contributed by atoms with van der Waals surface area (Å²) in [6, 6.07) is 2.41. The average Bonchev–Trinajstić information content (AvgIpc) is 2.61. The number of hydrogen-bond donors (Lipinski definition) is 1. The summed E-state index contributed by atoms with van der Waals surface area (Å²) in [6.07, 6.45) is 4.69. The highest BCUT2D eigenvalue weighted by atomic mass is 32.2. The monoisotopic (exact) mass is 279 g/mol. The second-order valence-electron chi connectivity index (χ2n) is 4.97. The van der Waals surface area contributed by atoms with Crippen molar-refractivity contribution in [3.63, 3.8) is 0 Å². The maximum absolute atomic E-state index is 12.2. The van der Waals surface area contributed by atoms with E-state index in [9.17, 15) is 4.79 Å². The van der Waals surface area contributed by atoms with Crippen molar-refractivity contribution in [2.45, 2.75) is 32.9 Å². The molecule has 0 radical (unpaired) electrons. The summed E-state index contributed by atoms with van der Waals surface area (Å²) in [6.45, 7) is 5.51. The molecule has 0 bridgehead atoms. The Morgan fingerprint density at radius 1 is 1.53 bits per heavy atom. The van der Waals surface area contributed by atoms with E-state index in [0.29, 0.717) is 12.6 Å². The molecule has 2 amide bonds. The fourth-order valence-electron chi connectivity index (χ4n) is 2.19. The van der Waals surface area contributed by atoms with Gasteiger partial charge in [-0.2, -0.15) is 11.8 Å². The standard InChI is InChI=1S/C14H21N3OS/c1-11-7-13(9-15-8-11)10-16-14(18)17-4-6-19-5-3-12(17)2/h7-9,12H,3-6,10H2,1-2H3,(H,16,18)/t12-/m0/s1. The van der Waals surface area contributed by atoms with E-state index < -0.39 is 0 Å². The molecule has 0 saturated carbocycles. The van der Waals surface area contributed by atoms with Crippen molar-refractivity contribution in [2.75, 3.05) is 18.1 Å². The van der Waals surface area contributed by atoms with E-state index in [-0.39, 0.29) is 6.03 Å². The quantitative estimate of drug-likeness (QED) is 0.904. The van der Waals surface area contributed by atoms with Crippen LogP contribution >= 0.6 is 11.8 Å². The molecule has 2 heterocycles. The predicted octanol–water partition coefficient (Wildman–Crippen LogP) is 2.43. The number of rotatable bonds is 2. The van der Waals surface area contributed by atoms with Gasteiger partial charge < -0.3 is 10.2 Å². The topological polar surface area (TPSA) is 45.2 Å². The molecule has 1 saturated heterocycles. The molecular weight excluding hydrogens is 258 g/mol. The van der Waals surface area contributed by atoms with Gasteiger partial charge in [0.15, 0.2) is 0 Å². The van der Waals surface area contributed by atoms with Crippen LogP contribution in [0, 0.1) is 6.92 Å². The Morgan fingerprint density at radius 3 is 3.16 bits per heavy atom. The summed E-state index contributed by atoms with van der Waals surface area (Å²) in [5.41, 5.74) is 2.16. The summed E-state index contributed by atoms with van der Waals surface area (Å²) in [7, 11) is 0. The van der Waals surface area contributed by atoms with Crippen molar-refractivity contribution in [1.82, 2.24) is 15.2 Å². The van der Waals surface area contributed by atoms with E-state index in [1.165, 1.54) is 0 Å². The number of nitrogens with zero attached hydrogens (tertiary/aromatic N) is 2. The lowest BCUT2D eigenvalue weighted by molar-refractivity contribution is 0.182. The van der Waals surface area contributed by atoms with Crippen LogP contribution in [0.25, 0.3) is 0 Å². The van der Waals surface area contributed by atoms with Crippen molar-refractivity contribution >= 4 is 17.8 Å². The second-order valence-corrected chi connectivity index (χ2v) is 6.20. The van der Waals surface area contributed by atoms with Crippen molar-refractivity contribution in [2.24, 2.45) is 0 Å². The van der Waals surface area contributed by atoms with Crippen LogP contribution in [0.1, 0.15) is 24.5 Å². The minimum Gasteiger partial charge on any atom is -0.334 e. The van der Waals surface area contributed by atoms with Crippen LogP contribution in [-0.2, 0) is 6.54 Å². The van der Waals surface area contributed by atoms with Crippen LogP contribution in [0.15, 0.2) is 18.5 Å². The molecule has 5 heteroatoms. The molecule has 0 aliphatic carbocycles. The summed E-state index contributed by atoms with van der Waals surface area (Å²) >= 11 is 1.93. The minimum atomic E-state index is 0.0384. The third kappa shape index (κ3) is 4.13. The van der Waals surface area contributed by atoms with Gasteiger partial charge >= 0.3 is 6.03 Å². The highest BCUT2D eigenvalue weighted by Gasteiger charge is 2.21. The Morgan fingerprint density at radius 2 is 2.37 bits per heavy atom. The normalized spacial score (nSPS) is 19.9. The number of urea groups is 1. The van der Waals surface area contributed by atoms with Gasteiger partial charge in [0.05, 0.1) is 0 Å². The first-order valence-corrected chi connectivity index (χ1v) is 7.85. The summed E-state index contributed by atoms with van der Waals surface area (Å²) in [4.78, 5) is 18.3. The number of thioether (sulfide) groups is 1.